The van der Waals surface area contributed by atoms with E-state index in [2.05, 4.69) is 49.4 Å². The molecule has 1 aliphatic carbocycles. The Morgan fingerprint density at radius 1 is 0.975 bits per heavy atom. The van der Waals surface area contributed by atoms with Crippen LogP contribution in [0.1, 0.15) is 55.9 Å². The number of carbonyl (C=O) groups excluding carboxylic acids is 2. The first-order chi connectivity index (χ1) is 19.3. The average molecular weight is 550 g/mol. The normalized spacial score (nSPS) is 22.3. The topological polar surface area (TPSA) is 123 Å². The molecule has 11 heteroatoms. The monoisotopic (exact) mass is 549 g/mol. The molecule has 0 radical (unpaired) electrons. The number of primary amides is 1. The number of aromatic nitrogens is 2. The van der Waals surface area contributed by atoms with Crippen molar-refractivity contribution in [2.24, 2.45) is 5.73 Å². The van der Waals surface area contributed by atoms with E-state index in [1.807, 2.05) is 12.1 Å². The summed E-state index contributed by atoms with van der Waals surface area (Å²) < 4.78 is 0. The van der Waals surface area contributed by atoms with Crippen LogP contribution in [0.4, 0.5) is 27.8 Å². The molecule has 2 saturated heterocycles. The predicted octanol–water partition coefficient (Wildman–Crippen LogP) is 3.01. The van der Waals surface area contributed by atoms with Crippen LogP contribution < -0.4 is 26.2 Å². The zero-order valence-corrected chi connectivity index (χ0v) is 24.0. The molecule has 1 aromatic carbocycles. The van der Waals surface area contributed by atoms with Crippen LogP contribution in [0.15, 0.2) is 30.5 Å². The molecule has 2 aromatic rings. The Morgan fingerprint density at radius 2 is 1.68 bits per heavy atom. The molecule has 0 spiro atoms. The molecule has 2 aliphatic heterocycles. The number of piperazine rings is 1. The average Bonchev–Trinajstić information content (AvgIpc) is 3.50. The van der Waals surface area contributed by atoms with Crippen LogP contribution in [-0.2, 0) is 0 Å². The molecule has 3 fully saturated rings. The van der Waals surface area contributed by atoms with Crippen molar-refractivity contribution in [3.8, 4) is 0 Å². The van der Waals surface area contributed by atoms with Crippen molar-refractivity contribution >= 4 is 34.9 Å². The van der Waals surface area contributed by atoms with Gasteiger partial charge in [-0.05, 0) is 56.9 Å². The maximum atomic E-state index is 12.3. The van der Waals surface area contributed by atoms with Crippen molar-refractivity contribution in [1.82, 2.24) is 25.1 Å². The van der Waals surface area contributed by atoms with Gasteiger partial charge in [0.2, 0.25) is 0 Å². The molecule has 1 saturated carbocycles. The highest BCUT2D eigenvalue weighted by atomic mass is 16.2. The van der Waals surface area contributed by atoms with Gasteiger partial charge < -0.3 is 31.1 Å². The van der Waals surface area contributed by atoms with Crippen LogP contribution in [0.3, 0.4) is 0 Å². The SMILES string of the molecule is C[C@@H]1[C@H](NC(=O)N(C)C)CCCN1c1cnc(C(N)=O)c(Nc2ccc(N3CCN(C4CCCC4)CC3)cc2)n1. The largest absolute Gasteiger partial charge is 0.369 e. The van der Waals surface area contributed by atoms with Crippen molar-refractivity contribution in [3.05, 3.63) is 36.2 Å². The minimum absolute atomic E-state index is 0.00708. The van der Waals surface area contributed by atoms with E-state index >= 15 is 0 Å². The number of benzene rings is 1. The van der Waals surface area contributed by atoms with Gasteiger partial charge in [-0.3, -0.25) is 9.69 Å². The molecule has 2 atom stereocenters. The number of urea groups is 1. The minimum Gasteiger partial charge on any atom is -0.369 e. The van der Waals surface area contributed by atoms with Crippen LogP contribution in [0.5, 0.6) is 0 Å². The number of amides is 3. The molecule has 216 valence electrons. The van der Waals surface area contributed by atoms with Crippen molar-refractivity contribution in [1.29, 1.82) is 0 Å². The lowest BCUT2D eigenvalue weighted by Gasteiger charge is -2.40. The number of piperidine rings is 1. The maximum absolute atomic E-state index is 12.3. The third-order valence-corrected chi connectivity index (χ3v) is 8.64. The third kappa shape index (κ3) is 6.24. The summed E-state index contributed by atoms with van der Waals surface area (Å²) in [6, 6.07) is 8.88. The van der Waals surface area contributed by atoms with Crippen LogP contribution in [0.25, 0.3) is 0 Å². The third-order valence-electron chi connectivity index (χ3n) is 8.64. The van der Waals surface area contributed by atoms with Gasteiger partial charge in [0.15, 0.2) is 11.5 Å². The highest BCUT2D eigenvalue weighted by molar-refractivity contribution is 5.96. The number of nitrogens with two attached hydrogens (primary N) is 1. The van der Waals surface area contributed by atoms with E-state index in [9.17, 15) is 9.59 Å². The summed E-state index contributed by atoms with van der Waals surface area (Å²) in [6.45, 7) is 7.15. The summed E-state index contributed by atoms with van der Waals surface area (Å²) in [6.07, 6.45) is 8.82. The summed E-state index contributed by atoms with van der Waals surface area (Å²) >= 11 is 0. The Kier molecular flexibility index (Phi) is 8.58. The number of rotatable bonds is 7. The van der Waals surface area contributed by atoms with Crippen molar-refractivity contribution in [2.75, 3.05) is 61.9 Å². The number of hydrogen-bond donors (Lipinski definition) is 3. The summed E-state index contributed by atoms with van der Waals surface area (Å²) in [4.78, 5) is 42.4. The molecule has 4 N–H and O–H groups in total. The Balaban J connectivity index is 1.27. The lowest BCUT2D eigenvalue weighted by Crippen LogP contribution is -2.56. The number of hydrogen-bond acceptors (Lipinski definition) is 8. The molecule has 3 amide bonds. The summed E-state index contributed by atoms with van der Waals surface area (Å²) in [5.74, 6) is 0.330. The molecular formula is C29H43N9O2. The molecule has 40 heavy (non-hydrogen) atoms. The fourth-order valence-corrected chi connectivity index (χ4v) is 6.24. The van der Waals surface area contributed by atoms with Gasteiger partial charge in [0.25, 0.3) is 5.91 Å². The first-order valence-electron chi connectivity index (χ1n) is 14.6. The maximum Gasteiger partial charge on any atom is 0.317 e. The first kappa shape index (κ1) is 27.9. The van der Waals surface area contributed by atoms with E-state index in [0.29, 0.717) is 11.6 Å². The number of nitrogens with zero attached hydrogens (tertiary/aromatic N) is 6. The van der Waals surface area contributed by atoms with E-state index in [1.54, 1.807) is 20.3 Å². The first-order valence-corrected chi connectivity index (χ1v) is 14.6. The Hall–Kier alpha value is -3.60. The standard InChI is InChI=1S/C29H43N9O2/c1-20-24(33-29(40)35(2)3)9-6-14-38(20)25-19-31-26(27(30)39)28(34-25)32-21-10-12-23(13-11-21)37-17-15-36(16-18-37)22-7-4-5-8-22/h10-13,19-20,22,24H,4-9,14-18H2,1-3H3,(H2,30,39)(H,32,34)(H,33,40)/t20-,24-/m1/s1. The van der Waals surface area contributed by atoms with E-state index in [4.69, 9.17) is 10.7 Å². The van der Waals surface area contributed by atoms with Gasteiger partial charge in [-0.25, -0.2) is 14.8 Å². The smallest absolute Gasteiger partial charge is 0.317 e. The van der Waals surface area contributed by atoms with Crippen LogP contribution in [-0.4, -0.2) is 96.7 Å². The zero-order valence-electron chi connectivity index (χ0n) is 24.0. The van der Waals surface area contributed by atoms with Gasteiger partial charge in [-0.15, -0.1) is 0 Å². The van der Waals surface area contributed by atoms with E-state index in [0.717, 1.165) is 57.3 Å². The van der Waals surface area contributed by atoms with Gasteiger partial charge in [0.05, 0.1) is 12.2 Å². The molecule has 0 bridgehead atoms. The highest BCUT2D eigenvalue weighted by Gasteiger charge is 2.31. The zero-order chi connectivity index (χ0) is 28.2. The van der Waals surface area contributed by atoms with Crippen LogP contribution in [0.2, 0.25) is 0 Å². The Labute approximate surface area is 237 Å². The van der Waals surface area contributed by atoms with Gasteiger partial charge in [0, 0.05) is 70.3 Å². The van der Waals surface area contributed by atoms with Crippen molar-refractivity contribution in [2.45, 2.75) is 63.6 Å². The van der Waals surface area contributed by atoms with Gasteiger partial charge >= 0.3 is 6.03 Å². The summed E-state index contributed by atoms with van der Waals surface area (Å²) in [5, 5.41) is 6.38. The van der Waals surface area contributed by atoms with Gasteiger partial charge in [0.1, 0.15) is 5.82 Å². The molecule has 0 unspecified atom stereocenters. The van der Waals surface area contributed by atoms with Crippen LogP contribution >= 0.6 is 0 Å². The minimum atomic E-state index is -0.638. The lowest BCUT2D eigenvalue weighted by atomic mass is 9.97. The number of anilines is 4. The highest BCUT2D eigenvalue weighted by Crippen LogP contribution is 2.29. The quantitative estimate of drug-likeness (QED) is 0.482. The predicted molar refractivity (Wildman–Crippen MR) is 158 cm³/mol. The second-order valence-electron chi connectivity index (χ2n) is 11.4. The van der Waals surface area contributed by atoms with Crippen molar-refractivity contribution < 1.29 is 9.59 Å². The van der Waals surface area contributed by atoms with Crippen LogP contribution in [0, 0.1) is 0 Å². The Morgan fingerprint density at radius 3 is 2.33 bits per heavy atom. The number of carbonyl (C=O) groups is 2. The van der Waals surface area contributed by atoms with Gasteiger partial charge in [-0.2, -0.15) is 0 Å². The van der Waals surface area contributed by atoms with E-state index < -0.39 is 5.91 Å². The second-order valence-corrected chi connectivity index (χ2v) is 11.4. The van der Waals surface area contributed by atoms with E-state index in [1.165, 1.54) is 36.3 Å². The van der Waals surface area contributed by atoms with E-state index in [-0.39, 0.29) is 23.8 Å². The molecule has 3 heterocycles. The number of nitrogens with one attached hydrogen (secondary N) is 2. The molecule has 5 rings (SSSR count). The van der Waals surface area contributed by atoms with Crippen molar-refractivity contribution in [3.63, 3.8) is 0 Å². The summed E-state index contributed by atoms with van der Waals surface area (Å²) in [7, 11) is 3.46. The molecule has 1 aromatic heterocycles. The second kappa shape index (κ2) is 12.3. The fraction of sp³-hybridized carbons (Fsp3) is 0.586. The molecule has 3 aliphatic rings. The summed E-state index contributed by atoms with van der Waals surface area (Å²) in [5.41, 5.74) is 7.75. The fourth-order valence-electron chi connectivity index (χ4n) is 6.24. The van der Waals surface area contributed by atoms with Gasteiger partial charge in [-0.1, -0.05) is 12.8 Å². The lowest BCUT2D eigenvalue weighted by molar-refractivity contribution is 0.0996. The Bertz CT molecular complexity index is 1170. The molecular weight excluding hydrogens is 506 g/mol. The molecule has 11 nitrogen and oxygen atoms in total.